The number of aryl methyl sites for hydroxylation is 2. The summed E-state index contributed by atoms with van der Waals surface area (Å²) < 4.78 is 2.65. The van der Waals surface area contributed by atoms with Crippen LogP contribution in [0, 0.1) is 0 Å². The van der Waals surface area contributed by atoms with Crippen LogP contribution in [0.25, 0.3) is 11.3 Å². The van der Waals surface area contributed by atoms with E-state index >= 15 is 0 Å². The van der Waals surface area contributed by atoms with Crippen LogP contribution in [0.4, 0.5) is 0 Å². The molecule has 1 N–H and O–H groups in total. The first-order valence-corrected chi connectivity index (χ1v) is 6.37. The van der Waals surface area contributed by atoms with Gasteiger partial charge in [0.25, 0.3) is 0 Å². The van der Waals surface area contributed by atoms with Crippen molar-refractivity contribution in [2.24, 2.45) is 7.05 Å². The maximum atomic E-state index is 10.6. The highest BCUT2D eigenvalue weighted by molar-refractivity contribution is 9.10. The standard InChI is InChI=1S/C13H13BrN2O2/c1-16-13(9-5-3-2-4-6-9)12(14)10(15-16)7-8-11(17)18/h2-6H,7-8H2,1H3,(H,17,18). The number of hydrogen-bond acceptors (Lipinski definition) is 2. The molecule has 0 fully saturated rings. The number of carbonyl (C=O) groups is 1. The molecule has 18 heavy (non-hydrogen) atoms. The van der Waals surface area contributed by atoms with E-state index < -0.39 is 5.97 Å². The summed E-state index contributed by atoms with van der Waals surface area (Å²) in [6, 6.07) is 9.89. The number of aliphatic carboxylic acids is 1. The lowest BCUT2D eigenvalue weighted by atomic mass is 10.1. The Bertz CT molecular complexity index is 564. The van der Waals surface area contributed by atoms with Crippen LogP contribution in [-0.4, -0.2) is 20.9 Å². The first-order chi connectivity index (χ1) is 8.59. The number of carboxylic acids is 1. The average Bonchev–Trinajstić information content (AvgIpc) is 2.63. The molecule has 0 saturated heterocycles. The van der Waals surface area contributed by atoms with Crippen LogP contribution in [0.5, 0.6) is 0 Å². The van der Waals surface area contributed by atoms with Crippen LogP contribution in [-0.2, 0) is 18.3 Å². The number of hydrogen-bond donors (Lipinski definition) is 1. The second-order valence-electron chi connectivity index (χ2n) is 3.99. The Hall–Kier alpha value is -1.62. The zero-order valence-corrected chi connectivity index (χ0v) is 11.5. The molecule has 0 spiro atoms. The summed E-state index contributed by atoms with van der Waals surface area (Å²) in [6.45, 7) is 0. The minimum absolute atomic E-state index is 0.0871. The number of rotatable bonds is 4. The van der Waals surface area contributed by atoms with Gasteiger partial charge in [0.1, 0.15) is 0 Å². The highest BCUT2D eigenvalue weighted by Gasteiger charge is 2.15. The topological polar surface area (TPSA) is 55.1 Å². The van der Waals surface area contributed by atoms with Gasteiger partial charge in [0.2, 0.25) is 0 Å². The molecule has 1 heterocycles. The molecule has 4 nitrogen and oxygen atoms in total. The molecule has 5 heteroatoms. The van der Waals surface area contributed by atoms with E-state index in [0.29, 0.717) is 6.42 Å². The summed E-state index contributed by atoms with van der Waals surface area (Å²) in [6.07, 6.45) is 0.514. The van der Waals surface area contributed by atoms with Crippen LogP contribution < -0.4 is 0 Å². The molecule has 2 aromatic rings. The van der Waals surface area contributed by atoms with Crippen molar-refractivity contribution in [2.75, 3.05) is 0 Å². The van der Waals surface area contributed by atoms with E-state index in [9.17, 15) is 4.79 Å². The molecular weight excluding hydrogens is 296 g/mol. The van der Waals surface area contributed by atoms with E-state index in [-0.39, 0.29) is 6.42 Å². The number of aromatic nitrogens is 2. The Morgan fingerprint density at radius 2 is 2.06 bits per heavy atom. The molecule has 0 bridgehead atoms. The summed E-state index contributed by atoms with van der Waals surface area (Å²) in [4.78, 5) is 10.6. The molecule has 0 unspecified atom stereocenters. The third-order valence-corrected chi connectivity index (χ3v) is 3.51. The minimum atomic E-state index is -0.811. The predicted molar refractivity (Wildman–Crippen MR) is 72.3 cm³/mol. The van der Waals surface area contributed by atoms with Gasteiger partial charge in [0, 0.05) is 19.0 Å². The largest absolute Gasteiger partial charge is 0.481 e. The Morgan fingerprint density at radius 1 is 1.39 bits per heavy atom. The van der Waals surface area contributed by atoms with E-state index in [1.54, 1.807) is 4.68 Å². The molecule has 2 rings (SSSR count). The number of halogens is 1. The smallest absolute Gasteiger partial charge is 0.303 e. The monoisotopic (exact) mass is 308 g/mol. The minimum Gasteiger partial charge on any atom is -0.481 e. The maximum Gasteiger partial charge on any atom is 0.303 e. The van der Waals surface area contributed by atoms with E-state index in [0.717, 1.165) is 21.4 Å². The lowest BCUT2D eigenvalue weighted by Gasteiger charge is -2.02. The Kier molecular flexibility index (Phi) is 3.81. The molecule has 94 valence electrons. The first kappa shape index (κ1) is 12.8. The van der Waals surface area contributed by atoms with Crippen molar-refractivity contribution in [1.29, 1.82) is 0 Å². The summed E-state index contributed by atoms with van der Waals surface area (Å²) in [5.74, 6) is -0.811. The van der Waals surface area contributed by atoms with Gasteiger partial charge >= 0.3 is 5.97 Å². The van der Waals surface area contributed by atoms with Crippen LogP contribution in [0.15, 0.2) is 34.8 Å². The molecule has 0 atom stereocenters. The fourth-order valence-corrected chi connectivity index (χ4v) is 2.61. The predicted octanol–water partition coefficient (Wildman–Crippen LogP) is 2.87. The molecule has 0 aliphatic rings. The average molecular weight is 309 g/mol. The SMILES string of the molecule is Cn1nc(CCC(=O)O)c(Br)c1-c1ccccc1. The van der Waals surface area contributed by atoms with Gasteiger partial charge in [-0.05, 0) is 15.9 Å². The summed E-state index contributed by atoms with van der Waals surface area (Å²) in [5.41, 5.74) is 2.80. The second-order valence-corrected chi connectivity index (χ2v) is 4.79. The quantitative estimate of drug-likeness (QED) is 0.945. The molecule has 0 radical (unpaired) electrons. The van der Waals surface area contributed by atoms with Crippen molar-refractivity contribution in [3.05, 3.63) is 40.5 Å². The Balaban J connectivity index is 2.35. The Labute approximate surface area is 113 Å². The highest BCUT2D eigenvalue weighted by atomic mass is 79.9. The zero-order chi connectivity index (χ0) is 13.1. The van der Waals surface area contributed by atoms with Gasteiger partial charge in [0.15, 0.2) is 0 Å². The van der Waals surface area contributed by atoms with Crippen LogP contribution in [0.1, 0.15) is 12.1 Å². The summed E-state index contributed by atoms with van der Waals surface area (Å²) >= 11 is 3.51. The number of benzene rings is 1. The number of carboxylic acid groups (broad SMARTS) is 1. The lowest BCUT2D eigenvalue weighted by Crippen LogP contribution is -1.99. The zero-order valence-electron chi connectivity index (χ0n) is 9.93. The first-order valence-electron chi connectivity index (χ1n) is 5.58. The van der Waals surface area contributed by atoms with Gasteiger partial charge in [-0.15, -0.1) is 0 Å². The van der Waals surface area contributed by atoms with Gasteiger partial charge in [-0.25, -0.2) is 0 Å². The van der Waals surface area contributed by atoms with Crippen molar-refractivity contribution in [2.45, 2.75) is 12.8 Å². The van der Waals surface area contributed by atoms with Gasteiger partial charge in [-0.2, -0.15) is 5.10 Å². The molecule has 0 saturated carbocycles. The molecule has 0 amide bonds. The fourth-order valence-electron chi connectivity index (χ4n) is 1.85. The third-order valence-electron chi connectivity index (χ3n) is 2.68. The number of nitrogens with zero attached hydrogens (tertiary/aromatic N) is 2. The van der Waals surface area contributed by atoms with Gasteiger partial charge in [-0.3, -0.25) is 9.48 Å². The third kappa shape index (κ3) is 2.61. The van der Waals surface area contributed by atoms with Crippen molar-refractivity contribution in [1.82, 2.24) is 9.78 Å². The summed E-state index contributed by atoms with van der Waals surface area (Å²) in [5, 5.41) is 13.1. The van der Waals surface area contributed by atoms with E-state index in [2.05, 4.69) is 21.0 Å². The molecule has 0 aliphatic heterocycles. The van der Waals surface area contributed by atoms with Crippen LogP contribution >= 0.6 is 15.9 Å². The molecule has 1 aromatic carbocycles. The van der Waals surface area contributed by atoms with Gasteiger partial charge in [0.05, 0.1) is 22.3 Å². The second kappa shape index (κ2) is 5.35. The van der Waals surface area contributed by atoms with Crippen molar-refractivity contribution < 1.29 is 9.90 Å². The Morgan fingerprint density at radius 3 is 2.67 bits per heavy atom. The fraction of sp³-hybridized carbons (Fsp3) is 0.231. The van der Waals surface area contributed by atoms with Gasteiger partial charge in [-0.1, -0.05) is 30.3 Å². The van der Waals surface area contributed by atoms with Crippen molar-refractivity contribution in [3.8, 4) is 11.3 Å². The molecule has 0 aliphatic carbocycles. The van der Waals surface area contributed by atoms with Crippen LogP contribution in [0.3, 0.4) is 0 Å². The van der Waals surface area contributed by atoms with Crippen molar-refractivity contribution in [3.63, 3.8) is 0 Å². The normalized spacial score (nSPS) is 10.6. The summed E-state index contributed by atoms with van der Waals surface area (Å²) in [7, 11) is 1.86. The highest BCUT2D eigenvalue weighted by Crippen LogP contribution is 2.31. The van der Waals surface area contributed by atoms with E-state index in [4.69, 9.17) is 5.11 Å². The maximum absolute atomic E-state index is 10.6. The van der Waals surface area contributed by atoms with Crippen LogP contribution in [0.2, 0.25) is 0 Å². The van der Waals surface area contributed by atoms with Crippen molar-refractivity contribution >= 4 is 21.9 Å². The van der Waals surface area contributed by atoms with Gasteiger partial charge < -0.3 is 5.11 Å². The van der Waals surface area contributed by atoms with E-state index in [1.165, 1.54) is 0 Å². The van der Waals surface area contributed by atoms with E-state index in [1.807, 2.05) is 37.4 Å². The lowest BCUT2D eigenvalue weighted by molar-refractivity contribution is -0.136. The molecular formula is C13H13BrN2O2. The molecule has 1 aromatic heterocycles.